The SMILES string of the molecule is CCc1cc(NCCCS(N)(=O)=O)nc(C)n1. The Bertz CT molecular complexity index is 473. The van der Waals surface area contributed by atoms with Crippen molar-refractivity contribution in [3.63, 3.8) is 0 Å². The summed E-state index contributed by atoms with van der Waals surface area (Å²) in [7, 11) is -3.37. The van der Waals surface area contributed by atoms with Gasteiger partial charge in [0, 0.05) is 18.3 Å². The molecule has 7 heteroatoms. The molecule has 17 heavy (non-hydrogen) atoms. The molecule has 0 bridgehead atoms. The molecule has 0 saturated carbocycles. The fourth-order valence-electron chi connectivity index (χ4n) is 1.39. The van der Waals surface area contributed by atoms with Crippen LogP contribution in [0.2, 0.25) is 0 Å². The van der Waals surface area contributed by atoms with Crippen molar-refractivity contribution in [2.75, 3.05) is 17.6 Å². The van der Waals surface area contributed by atoms with Gasteiger partial charge in [-0.2, -0.15) is 0 Å². The van der Waals surface area contributed by atoms with E-state index >= 15 is 0 Å². The monoisotopic (exact) mass is 258 g/mol. The molecule has 0 spiro atoms. The molecule has 0 aromatic carbocycles. The highest BCUT2D eigenvalue weighted by molar-refractivity contribution is 7.89. The van der Waals surface area contributed by atoms with Gasteiger partial charge in [-0.25, -0.2) is 23.5 Å². The Kier molecular flexibility index (Phi) is 4.83. The van der Waals surface area contributed by atoms with Gasteiger partial charge in [-0.05, 0) is 19.8 Å². The summed E-state index contributed by atoms with van der Waals surface area (Å²) in [6.45, 7) is 4.37. The fourth-order valence-corrected chi connectivity index (χ4v) is 1.94. The summed E-state index contributed by atoms with van der Waals surface area (Å²) in [6.07, 6.45) is 1.30. The van der Waals surface area contributed by atoms with Crippen molar-refractivity contribution >= 4 is 15.8 Å². The maximum absolute atomic E-state index is 10.7. The Morgan fingerprint density at radius 1 is 1.41 bits per heavy atom. The van der Waals surface area contributed by atoms with Gasteiger partial charge in [0.1, 0.15) is 11.6 Å². The Morgan fingerprint density at radius 3 is 2.71 bits per heavy atom. The average Bonchev–Trinajstić information content (AvgIpc) is 2.22. The van der Waals surface area contributed by atoms with E-state index in [0.717, 1.165) is 17.9 Å². The van der Waals surface area contributed by atoms with Gasteiger partial charge in [-0.15, -0.1) is 0 Å². The highest BCUT2D eigenvalue weighted by Crippen LogP contribution is 2.07. The van der Waals surface area contributed by atoms with E-state index in [1.807, 2.05) is 19.9 Å². The van der Waals surface area contributed by atoms with Gasteiger partial charge in [0.2, 0.25) is 10.0 Å². The molecular formula is C10H18N4O2S. The molecule has 0 aliphatic carbocycles. The van der Waals surface area contributed by atoms with Gasteiger partial charge >= 0.3 is 0 Å². The minimum Gasteiger partial charge on any atom is -0.370 e. The second-order valence-corrected chi connectivity index (χ2v) is 5.53. The molecule has 1 rings (SSSR count). The first-order chi connectivity index (χ1) is 7.90. The number of rotatable bonds is 6. The molecule has 0 radical (unpaired) electrons. The maximum Gasteiger partial charge on any atom is 0.209 e. The first kappa shape index (κ1) is 13.9. The lowest BCUT2D eigenvalue weighted by atomic mass is 10.3. The topological polar surface area (TPSA) is 98.0 Å². The van der Waals surface area contributed by atoms with Crippen LogP contribution >= 0.6 is 0 Å². The van der Waals surface area contributed by atoms with Crippen LogP contribution in [0.3, 0.4) is 0 Å². The number of nitrogens with zero attached hydrogens (tertiary/aromatic N) is 2. The van der Waals surface area contributed by atoms with Gasteiger partial charge in [-0.3, -0.25) is 0 Å². The molecule has 6 nitrogen and oxygen atoms in total. The van der Waals surface area contributed by atoms with Crippen LogP contribution in [0.5, 0.6) is 0 Å². The van der Waals surface area contributed by atoms with Crippen molar-refractivity contribution in [2.24, 2.45) is 5.14 Å². The quantitative estimate of drug-likeness (QED) is 0.721. The van der Waals surface area contributed by atoms with E-state index in [1.54, 1.807) is 0 Å². The van der Waals surface area contributed by atoms with Crippen LogP contribution in [-0.4, -0.2) is 30.7 Å². The molecule has 0 aliphatic heterocycles. The Balaban J connectivity index is 2.49. The molecule has 1 heterocycles. The highest BCUT2D eigenvalue weighted by atomic mass is 32.2. The van der Waals surface area contributed by atoms with E-state index < -0.39 is 10.0 Å². The molecule has 0 atom stereocenters. The summed E-state index contributed by atoms with van der Waals surface area (Å²) in [5, 5.41) is 7.97. The van der Waals surface area contributed by atoms with Crippen molar-refractivity contribution in [1.82, 2.24) is 9.97 Å². The van der Waals surface area contributed by atoms with Crippen molar-refractivity contribution in [3.8, 4) is 0 Å². The lowest BCUT2D eigenvalue weighted by molar-refractivity contribution is 0.595. The smallest absolute Gasteiger partial charge is 0.209 e. The standard InChI is InChI=1S/C10H18N4O2S/c1-3-9-7-10(14-8(2)13-9)12-5-4-6-17(11,15)16/h7H,3-6H2,1-2H3,(H2,11,15,16)(H,12,13,14). The zero-order chi connectivity index (χ0) is 12.9. The zero-order valence-electron chi connectivity index (χ0n) is 10.1. The number of primary sulfonamides is 1. The number of aryl methyl sites for hydroxylation is 2. The van der Waals surface area contributed by atoms with E-state index in [-0.39, 0.29) is 5.75 Å². The summed E-state index contributed by atoms with van der Waals surface area (Å²) in [5.74, 6) is 1.41. The van der Waals surface area contributed by atoms with E-state index in [2.05, 4.69) is 15.3 Å². The maximum atomic E-state index is 10.7. The van der Waals surface area contributed by atoms with Gasteiger partial charge in [0.15, 0.2) is 0 Å². The van der Waals surface area contributed by atoms with E-state index in [4.69, 9.17) is 5.14 Å². The Morgan fingerprint density at radius 2 is 2.12 bits per heavy atom. The van der Waals surface area contributed by atoms with Crippen LogP contribution in [0.25, 0.3) is 0 Å². The summed E-state index contributed by atoms with van der Waals surface area (Å²) in [5.41, 5.74) is 0.964. The van der Waals surface area contributed by atoms with Crippen LogP contribution in [0, 0.1) is 6.92 Å². The lowest BCUT2D eigenvalue weighted by Gasteiger charge is -2.07. The minimum atomic E-state index is -3.37. The van der Waals surface area contributed by atoms with Crippen LogP contribution in [0.4, 0.5) is 5.82 Å². The molecule has 0 aliphatic rings. The fraction of sp³-hybridized carbons (Fsp3) is 0.600. The Hall–Kier alpha value is -1.21. The number of anilines is 1. The minimum absolute atomic E-state index is 0.0231. The van der Waals surface area contributed by atoms with Crippen LogP contribution in [0.1, 0.15) is 24.9 Å². The summed E-state index contributed by atoms with van der Waals surface area (Å²) < 4.78 is 21.4. The van der Waals surface area contributed by atoms with E-state index in [1.165, 1.54) is 0 Å². The van der Waals surface area contributed by atoms with Gasteiger partial charge in [0.05, 0.1) is 5.75 Å². The van der Waals surface area contributed by atoms with Gasteiger partial charge in [-0.1, -0.05) is 6.92 Å². The molecule has 96 valence electrons. The molecule has 3 N–H and O–H groups in total. The first-order valence-corrected chi connectivity index (χ1v) is 7.21. The van der Waals surface area contributed by atoms with Crippen molar-refractivity contribution in [2.45, 2.75) is 26.7 Å². The molecule has 0 unspecified atom stereocenters. The molecule has 1 aromatic rings. The summed E-state index contributed by atoms with van der Waals surface area (Å²) in [6, 6.07) is 1.87. The number of hydrogen-bond donors (Lipinski definition) is 2. The van der Waals surface area contributed by atoms with Crippen LogP contribution < -0.4 is 10.5 Å². The predicted octanol–water partition coefficient (Wildman–Crippen LogP) is 0.438. The van der Waals surface area contributed by atoms with Crippen molar-refractivity contribution in [3.05, 3.63) is 17.6 Å². The first-order valence-electron chi connectivity index (χ1n) is 5.49. The van der Waals surface area contributed by atoms with Crippen molar-refractivity contribution < 1.29 is 8.42 Å². The van der Waals surface area contributed by atoms with Gasteiger partial charge < -0.3 is 5.32 Å². The lowest BCUT2D eigenvalue weighted by Crippen LogP contribution is -2.19. The summed E-state index contributed by atoms with van der Waals surface area (Å²) in [4.78, 5) is 8.47. The normalized spacial score (nSPS) is 11.5. The van der Waals surface area contributed by atoms with E-state index in [9.17, 15) is 8.42 Å². The Labute approximate surface area is 102 Å². The predicted molar refractivity (Wildman–Crippen MR) is 67.2 cm³/mol. The largest absolute Gasteiger partial charge is 0.370 e. The number of hydrogen-bond acceptors (Lipinski definition) is 5. The summed E-state index contributed by atoms with van der Waals surface area (Å²) >= 11 is 0. The third kappa shape index (κ3) is 5.60. The van der Waals surface area contributed by atoms with Crippen LogP contribution in [-0.2, 0) is 16.4 Å². The number of nitrogens with two attached hydrogens (primary N) is 1. The zero-order valence-corrected chi connectivity index (χ0v) is 10.9. The number of aromatic nitrogens is 2. The molecule has 1 aromatic heterocycles. The second-order valence-electron chi connectivity index (χ2n) is 3.79. The third-order valence-electron chi connectivity index (χ3n) is 2.16. The highest BCUT2D eigenvalue weighted by Gasteiger charge is 2.03. The van der Waals surface area contributed by atoms with E-state index in [0.29, 0.717) is 18.8 Å². The third-order valence-corrected chi connectivity index (χ3v) is 3.02. The number of nitrogens with one attached hydrogen (secondary N) is 1. The molecule has 0 fully saturated rings. The number of sulfonamides is 1. The molecule has 0 saturated heterocycles. The van der Waals surface area contributed by atoms with Crippen molar-refractivity contribution in [1.29, 1.82) is 0 Å². The van der Waals surface area contributed by atoms with Crippen LogP contribution in [0.15, 0.2) is 6.07 Å². The average molecular weight is 258 g/mol. The molecular weight excluding hydrogens is 240 g/mol. The van der Waals surface area contributed by atoms with Gasteiger partial charge in [0.25, 0.3) is 0 Å². The molecule has 0 amide bonds. The second kappa shape index (κ2) is 5.92.